The molecule has 0 bridgehead atoms. The van der Waals surface area contributed by atoms with E-state index in [1.165, 1.54) is 6.07 Å². The minimum absolute atomic E-state index is 0.0238. The van der Waals surface area contributed by atoms with E-state index in [9.17, 15) is 13.2 Å². The summed E-state index contributed by atoms with van der Waals surface area (Å²) in [6, 6.07) is 14.2. The molecule has 156 valence electrons. The first kappa shape index (κ1) is 21.6. The lowest BCUT2D eigenvalue weighted by atomic mass is 10.1. The maximum absolute atomic E-state index is 12.6. The Kier molecular flexibility index (Phi) is 6.82. The molecule has 2 aromatic carbocycles. The zero-order valence-electron chi connectivity index (χ0n) is 16.6. The number of halogens is 1. The lowest BCUT2D eigenvalue weighted by Crippen LogP contribution is -2.50. The predicted molar refractivity (Wildman–Crippen MR) is 116 cm³/mol. The second-order valence-corrected chi connectivity index (χ2v) is 9.77. The third-order valence-corrected chi connectivity index (χ3v) is 7.41. The molecule has 1 unspecified atom stereocenters. The summed E-state index contributed by atoms with van der Waals surface area (Å²) >= 11 is 6.32. The van der Waals surface area contributed by atoms with E-state index in [2.05, 4.69) is 17.1 Å². The van der Waals surface area contributed by atoms with Crippen molar-refractivity contribution in [1.29, 1.82) is 0 Å². The Hall–Kier alpha value is -2.09. The monoisotopic (exact) mass is 435 g/mol. The van der Waals surface area contributed by atoms with Crippen LogP contribution in [0.25, 0.3) is 0 Å². The molecule has 29 heavy (non-hydrogen) atoms. The first-order valence-electron chi connectivity index (χ1n) is 9.69. The Bertz CT molecular complexity index is 973. The van der Waals surface area contributed by atoms with Gasteiger partial charge >= 0.3 is 6.03 Å². The highest BCUT2D eigenvalue weighted by Crippen LogP contribution is 2.28. The van der Waals surface area contributed by atoms with Gasteiger partial charge in [-0.25, -0.2) is 13.2 Å². The third kappa shape index (κ3) is 5.10. The molecule has 0 aromatic heterocycles. The minimum atomic E-state index is -3.31. The number of piperazine rings is 1. The number of rotatable bonds is 5. The van der Waals surface area contributed by atoms with E-state index in [4.69, 9.17) is 11.6 Å². The van der Waals surface area contributed by atoms with Crippen molar-refractivity contribution in [2.45, 2.75) is 24.8 Å². The zero-order valence-corrected chi connectivity index (χ0v) is 18.2. The summed E-state index contributed by atoms with van der Waals surface area (Å²) in [4.78, 5) is 16.9. The lowest BCUT2D eigenvalue weighted by Gasteiger charge is -2.38. The highest BCUT2D eigenvalue weighted by Gasteiger charge is 2.25. The van der Waals surface area contributed by atoms with Gasteiger partial charge in [0.1, 0.15) is 0 Å². The maximum Gasteiger partial charge on any atom is 0.321 e. The third-order valence-electron chi connectivity index (χ3n) is 5.33. The van der Waals surface area contributed by atoms with Gasteiger partial charge in [-0.05, 0) is 36.8 Å². The molecule has 2 aromatic rings. The van der Waals surface area contributed by atoms with Gasteiger partial charge in [0.15, 0.2) is 9.84 Å². The predicted octanol–water partition coefficient (Wildman–Crippen LogP) is 4.04. The zero-order chi connectivity index (χ0) is 21.0. The Balaban J connectivity index is 1.59. The molecule has 6 nitrogen and oxygen atoms in total. The summed E-state index contributed by atoms with van der Waals surface area (Å²) in [5.41, 5.74) is 1.57. The van der Waals surface area contributed by atoms with Crippen LogP contribution in [-0.4, -0.2) is 56.2 Å². The van der Waals surface area contributed by atoms with Gasteiger partial charge in [0, 0.05) is 42.9 Å². The van der Waals surface area contributed by atoms with E-state index in [0.717, 1.165) is 23.7 Å². The summed E-state index contributed by atoms with van der Waals surface area (Å²) in [6.07, 6.45) is 0. The van der Waals surface area contributed by atoms with Gasteiger partial charge in [-0.3, -0.25) is 4.90 Å². The molecule has 1 aliphatic rings. The molecule has 2 amide bonds. The number of hydrogen-bond acceptors (Lipinski definition) is 4. The lowest BCUT2D eigenvalue weighted by molar-refractivity contribution is 0.119. The van der Waals surface area contributed by atoms with Crippen molar-refractivity contribution in [3.63, 3.8) is 0 Å². The Labute approximate surface area is 177 Å². The van der Waals surface area contributed by atoms with Crippen LogP contribution in [0.2, 0.25) is 5.02 Å². The van der Waals surface area contributed by atoms with Crippen molar-refractivity contribution in [3.05, 3.63) is 59.1 Å². The largest absolute Gasteiger partial charge is 0.322 e. The number of urea groups is 1. The SMILES string of the molecule is CCS(=O)(=O)c1cccc(NC(=O)N2CCN(C(C)c3ccccc3Cl)CC2)c1. The number of carbonyl (C=O) groups is 1. The van der Waals surface area contributed by atoms with Crippen molar-refractivity contribution < 1.29 is 13.2 Å². The van der Waals surface area contributed by atoms with E-state index in [0.29, 0.717) is 18.8 Å². The molecule has 3 rings (SSSR count). The standard InChI is InChI=1S/C21H26ClN3O3S/c1-3-29(27,28)18-8-6-7-17(15-18)23-21(26)25-13-11-24(12-14-25)16(2)19-9-4-5-10-20(19)22/h4-10,15-16H,3,11-14H2,1-2H3,(H,23,26). The number of benzene rings is 2. The van der Waals surface area contributed by atoms with Gasteiger partial charge in [0.05, 0.1) is 10.6 Å². The Morgan fingerprint density at radius 1 is 1.10 bits per heavy atom. The second kappa shape index (κ2) is 9.15. The van der Waals surface area contributed by atoms with Gasteiger partial charge in [-0.2, -0.15) is 0 Å². The van der Waals surface area contributed by atoms with Crippen LogP contribution in [0.4, 0.5) is 10.5 Å². The highest BCUT2D eigenvalue weighted by molar-refractivity contribution is 7.91. The summed E-state index contributed by atoms with van der Waals surface area (Å²) < 4.78 is 24.1. The Morgan fingerprint density at radius 2 is 1.79 bits per heavy atom. The van der Waals surface area contributed by atoms with Crippen LogP contribution >= 0.6 is 11.6 Å². The smallest absolute Gasteiger partial charge is 0.321 e. The topological polar surface area (TPSA) is 69.7 Å². The fraction of sp³-hybridized carbons (Fsp3) is 0.381. The van der Waals surface area contributed by atoms with Crippen LogP contribution in [0.15, 0.2) is 53.4 Å². The molecule has 1 heterocycles. The van der Waals surface area contributed by atoms with Crippen molar-refractivity contribution in [2.75, 3.05) is 37.2 Å². The first-order valence-corrected chi connectivity index (χ1v) is 11.7. The van der Waals surface area contributed by atoms with E-state index in [-0.39, 0.29) is 22.7 Å². The molecule has 0 aliphatic carbocycles. The summed E-state index contributed by atoms with van der Waals surface area (Å²) in [5, 5.41) is 3.57. The first-order chi connectivity index (χ1) is 13.8. The van der Waals surface area contributed by atoms with Crippen molar-refractivity contribution in [3.8, 4) is 0 Å². The van der Waals surface area contributed by atoms with Crippen LogP contribution in [0.1, 0.15) is 25.5 Å². The Morgan fingerprint density at radius 3 is 2.45 bits per heavy atom. The van der Waals surface area contributed by atoms with Gasteiger partial charge < -0.3 is 10.2 Å². The van der Waals surface area contributed by atoms with Crippen molar-refractivity contribution >= 4 is 33.2 Å². The van der Waals surface area contributed by atoms with E-state index in [1.54, 1.807) is 30.0 Å². The van der Waals surface area contributed by atoms with E-state index in [1.807, 2.05) is 24.3 Å². The van der Waals surface area contributed by atoms with Crippen LogP contribution in [0.5, 0.6) is 0 Å². The molecule has 0 saturated carbocycles. The second-order valence-electron chi connectivity index (χ2n) is 7.08. The van der Waals surface area contributed by atoms with Crippen LogP contribution < -0.4 is 5.32 Å². The van der Waals surface area contributed by atoms with Crippen molar-refractivity contribution in [2.24, 2.45) is 0 Å². The number of nitrogens with zero attached hydrogens (tertiary/aromatic N) is 2. The number of amides is 2. The normalized spacial score (nSPS) is 16.4. The molecule has 1 aliphatic heterocycles. The fourth-order valence-electron chi connectivity index (χ4n) is 3.46. The molecule has 8 heteroatoms. The summed E-state index contributed by atoms with van der Waals surface area (Å²) in [7, 11) is -3.31. The highest BCUT2D eigenvalue weighted by atomic mass is 35.5. The average molecular weight is 436 g/mol. The molecule has 0 spiro atoms. The number of carbonyl (C=O) groups excluding carboxylic acids is 1. The maximum atomic E-state index is 12.6. The summed E-state index contributed by atoms with van der Waals surface area (Å²) in [5.74, 6) is 0.0238. The van der Waals surface area contributed by atoms with Crippen LogP contribution in [0, 0.1) is 0 Å². The number of hydrogen-bond donors (Lipinski definition) is 1. The molecular weight excluding hydrogens is 410 g/mol. The number of anilines is 1. The van der Waals surface area contributed by atoms with Crippen LogP contribution in [0.3, 0.4) is 0 Å². The van der Waals surface area contributed by atoms with Gasteiger partial charge in [0.25, 0.3) is 0 Å². The number of nitrogens with one attached hydrogen (secondary N) is 1. The van der Waals surface area contributed by atoms with Gasteiger partial charge in [0.2, 0.25) is 0 Å². The number of sulfone groups is 1. The van der Waals surface area contributed by atoms with Gasteiger partial charge in [-0.15, -0.1) is 0 Å². The molecule has 0 radical (unpaired) electrons. The minimum Gasteiger partial charge on any atom is -0.322 e. The van der Waals surface area contributed by atoms with E-state index < -0.39 is 9.84 Å². The molecule has 1 atom stereocenters. The molecule has 1 N–H and O–H groups in total. The van der Waals surface area contributed by atoms with Gasteiger partial charge in [-0.1, -0.05) is 42.8 Å². The quantitative estimate of drug-likeness (QED) is 0.769. The van der Waals surface area contributed by atoms with E-state index >= 15 is 0 Å². The summed E-state index contributed by atoms with van der Waals surface area (Å²) in [6.45, 7) is 6.38. The van der Waals surface area contributed by atoms with Crippen LogP contribution in [-0.2, 0) is 9.84 Å². The average Bonchev–Trinajstić information content (AvgIpc) is 2.74. The molecule has 1 saturated heterocycles. The fourth-order valence-corrected chi connectivity index (χ4v) is 4.68. The van der Waals surface area contributed by atoms with Crippen molar-refractivity contribution in [1.82, 2.24) is 9.80 Å². The molecule has 1 fully saturated rings. The molecular formula is C21H26ClN3O3S.